The smallest absolute Gasteiger partial charge is 0.407 e. The normalized spacial score (nSPS) is 13.1. The highest BCUT2D eigenvalue weighted by atomic mass is 19.1. The molecule has 1 aliphatic rings. The molecule has 1 amide bonds. The average Bonchev–Trinajstić information content (AvgIpc) is 3.10. The molecule has 0 aromatic heterocycles. The van der Waals surface area contributed by atoms with Gasteiger partial charge in [0.15, 0.2) is 11.6 Å². The van der Waals surface area contributed by atoms with Gasteiger partial charge in [-0.3, -0.25) is 4.79 Å². The number of ether oxygens (including phenoxy) is 2. The van der Waals surface area contributed by atoms with E-state index in [1.54, 1.807) is 0 Å². The van der Waals surface area contributed by atoms with Crippen LogP contribution in [0.1, 0.15) is 35.1 Å². The van der Waals surface area contributed by atoms with Crippen molar-refractivity contribution in [3.05, 3.63) is 89.2 Å². The van der Waals surface area contributed by atoms with Crippen molar-refractivity contribution in [2.24, 2.45) is 0 Å². The summed E-state index contributed by atoms with van der Waals surface area (Å²) in [6, 6.07) is 19.0. The number of carbonyl (C=O) groups is 2. The van der Waals surface area contributed by atoms with E-state index in [0.29, 0.717) is 5.56 Å². The topological polar surface area (TPSA) is 84.9 Å². The van der Waals surface area contributed by atoms with E-state index >= 15 is 0 Å². The van der Waals surface area contributed by atoms with Crippen molar-refractivity contribution in [1.82, 2.24) is 5.32 Å². The molecule has 0 spiro atoms. The predicted molar refractivity (Wildman–Crippen MR) is 116 cm³/mol. The molecule has 0 aliphatic heterocycles. The number of amides is 1. The van der Waals surface area contributed by atoms with E-state index in [1.807, 2.05) is 48.5 Å². The first kappa shape index (κ1) is 21.4. The quantitative estimate of drug-likeness (QED) is 0.552. The van der Waals surface area contributed by atoms with Crippen LogP contribution < -0.4 is 10.1 Å². The van der Waals surface area contributed by atoms with Gasteiger partial charge in [-0.15, -0.1) is 0 Å². The average molecular weight is 435 g/mol. The second-order valence-electron chi connectivity index (χ2n) is 7.51. The van der Waals surface area contributed by atoms with Crippen molar-refractivity contribution >= 4 is 12.1 Å². The Kier molecular flexibility index (Phi) is 6.07. The van der Waals surface area contributed by atoms with Gasteiger partial charge in [0.1, 0.15) is 6.61 Å². The number of rotatable bonds is 7. The number of alkyl carbamates (subject to hydrolysis) is 1. The second-order valence-corrected chi connectivity index (χ2v) is 7.51. The summed E-state index contributed by atoms with van der Waals surface area (Å²) in [6.07, 6.45) is -1.19. The number of nitrogens with one attached hydrogen (secondary N) is 1. The van der Waals surface area contributed by atoms with Gasteiger partial charge < -0.3 is 19.9 Å². The van der Waals surface area contributed by atoms with Gasteiger partial charge in [0.05, 0.1) is 19.6 Å². The first-order valence-electron chi connectivity index (χ1n) is 10.1. The number of hydrogen-bond acceptors (Lipinski definition) is 4. The van der Waals surface area contributed by atoms with E-state index in [9.17, 15) is 19.1 Å². The number of carbonyl (C=O) groups excluding carboxylic acids is 1. The molecule has 0 saturated heterocycles. The second kappa shape index (κ2) is 9.09. The van der Waals surface area contributed by atoms with Gasteiger partial charge in [-0.1, -0.05) is 54.6 Å². The summed E-state index contributed by atoms with van der Waals surface area (Å²) in [4.78, 5) is 23.9. The van der Waals surface area contributed by atoms with Crippen LogP contribution in [0.2, 0.25) is 0 Å². The molecule has 0 heterocycles. The summed E-state index contributed by atoms with van der Waals surface area (Å²) in [6.45, 7) is 0.0939. The van der Waals surface area contributed by atoms with E-state index in [1.165, 1.54) is 19.2 Å². The fourth-order valence-corrected chi connectivity index (χ4v) is 4.11. The molecule has 0 bridgehead atoms. The van der Waals surface area contributed by atoms with Crippen molar-refractivity contribution in [3.63, 3.8) is 0 Å². The lowest BCUT2D eigenvalue weighted by Gasteiger charge is -2.19. The van der Waals surface area contributed by atoms with E-state index in [2.05, 4.69) is 5.32 Å². The molecule has 0 saturated carbocycles. The van der Waals surface area contributed by atoms with E-state index < -0.39 is 30.3 Å². The fourth-order valence-electron chi connectivity index (χ4n) is 4.11. The zero-order chi connectivity index (χ0) is 22.7. The van der Waals surface area contributed by atoms with Crippen LogP contribution in [-0.2, 0) is 9.53 Å². The molecular formula is C25H22FNO5. The standard InChI is InChI=1S/C25H22FNO5/c1-31-23-11-10-15(12-21(23)26)22(13-24(28)29)27-25(30)32-14-20-18-8-4-2-6-16(18)17-7-3-5-9-19(17)20/h2-12,20,22H,13-14H2,1H3,(H,27,30)(H,28,29)/t22-/m0/s1. The Morgan fingerprint density at radius 2 is 1.66 bits per heavy atom. The molecular weight excluding hydrogens is 413 g/mol. The van der Waals surface area contributed by atoms with Crippen LogP contribution in [0.5, 0.6) is 5.75 Å². The molecule has 3 aromatic carbocycles. The molecule has 164 valence electrons. The number of halogens is 1. The van der Waals surface area contributed by atoms with Crippen LogP contribution in [0.4, 0.5) is 9.18 Å². The zero-order valence-electron chi connectivity index (χ0n) is 17.4. The third-order valence-corrected chi connectivity index (χ3v) is 5.59. The Balaban J connectivity index is 1.48. The van der Waals surface area contributed by atoms with Crippen LogP contribution >= 0.6 is 0 Å². The maximum atomic E-state index is 14.1. The van der Waals surface area contributed by atoms with Crippen LogP contribution in [0.3, 0.4) is 0 Å². The van der Waals surface area contributed by atoms with Crippen molar-refractivity contribution in [2.75, 3.05) is 13.7 Å². The number of fused-ring (bicyclic) bond motifs is 3. The third-order valence-electron chi connectivity index (χ3n) is 5.59. The highest BCUT2D eigenvalue weighted by molar-refractivity contribution is 5.79. The molecule has 0 radical (unpaired) electrons. The SMILES string of the molecule is COc1ccc([C@H](CC(=O)O)NC(=O)OCC2c3ccccc3-c3ccccc32)cc1F. The highest BCUT2D eigenvalue weighted by Crippen LogP contribution is 2.44. The Hall–Kier alpha value is -3.87. The Bertz CT molecular complexity index is 1120. The third kappa shape index (κ3) is 4.27. The van der Waals surface area contributed by atoms with Crippen molar-refractivity contribution in [3.8, 4) is 16.9 Å². The molecule has 6 nitrogen and oxygen atoms in total. The first-order chi connectivity index (χ1) is 15.5. The number of aliphatic carboxylic acids is 1. The van der Waals surface area contributed by atoms with Gasteiger partial charge in [0.2, 0.25) is 0 Å². The number of carboxylic acid groups (broad SMARTS) is 1. The van der Waals surface area contributed by atoms with E-state index in [4.69, 9.17) is 9.47 Å². The molecule has 3 aromatic rings. The Morgan fingerprint density at radius 1 is 1.03 bits per heavy atom. The molecule has 1 aliphatic carbocycles. The molecule has 1 atom stereocenters. The summed E-state index contributed by atoms with van der Waals surface area (Å²) in [5, 5.41) is 11.8. The Morgan fingerprint density at radius 3 is 2.22 bits per heavy atom. The molecule has 2 N–H and O–H groups in total. The zero-order valence-corrected chi connectivity index (χ0v) is 17.4. The number of hydrogen-bond donors (Lipinski definition) is 2. The largest absolute Gasteiger partial charge is 0.494 e. The van der Waals surface area contributed by atoms with Gasteiger partial charge in [-0.2, -0.15) is 0 Å². The van der Waals surface area contributed by atoms with Crippen molar-refractivity contribution in [2.45, 2.75) is 18.4 Å². The molecule has 4 rings (SSSR count). The molecule has 0 unspecified atom stereocenters. The molecule has 32 heavy (non-hydrogen) atoms. The monoisotopic (exact) mass is 435 g/mol. The number of methoxy groups -OCH3 is 1. The summed E-state index contributed by atoms with van der Waals surface area (Å²) in [5.74, 6) is -1.87. The van der Waals surface area contributed by atoms with Gasteiger partial charge in [-0.25, -0.2) is 9.18 Å². The van der Waals surface area contributed by atoms with Crippen LogP contribution in [0, 0.1) is 5.82 Å². The fraction of sp³-hybridized carbons (Fsp3) is 0.200. The first-order valence-corrected chi connectivity index (χ1v) is 10.1. The maximum Gasteiger partial charge on any atom is 0.407 e. The summed E-state index contributed by atoms with van der Waals surface area (Å²) >= 11 is 0. The van der Waals surface area contributed by atoms with Gasteiger partial charge in [0, 0.05) is 5.92 Å². The summed E-state index contributed by atoms with van der Waals surface area (Å²) in [5.41, 5.74) is 4.66. The highest BCUT2D eigenvalue weighted by Gasteiger charge is 2.29. The van der Waals surface area contributed by atoms with Crippen LogP contribution in [-0.4, -0.2) is 30.9 Å². The van der Waals surface area contributed by atoms with Crippen molar-refractivity contribution < 1.29 is 28.6 Å². The van der Waals surface area contributed by atoms with Crippen molar-refractivity contribution in [1.29, 1.82) is 0 Å². The minimum Gasteiger partial charge on any atom is -0.494 e. The Labute approximate surface area is 184 Å². The number of carboxylic acids is 1. The number of benzene rings is 3. The molecule has 0 fully saturated rings. The van der Waals surface area contributed by atoms with Gasteiger partial charge in [-0.05, 0) is 39.9 Å². The predicted octanol–water partition coefficient (Wildman–Crippen LogP) is 4.89. The van der Waals surface area contributed by atoms with E-state index in [-0.39, 0.29) is 18.3 Å². The summed E-state index contributed by atoms with van der Waals surface area (Å²) < 4.78 is 24.5. The van der Waals surface area contributed by atoms with E-state index in [0.717, 1.165) is 28.3 Å². The molecule has 7 heteroatoms. The maximum absolute atomic E-state index is 14.1. The lowest BCUT2D eigenvalue weighted by atomic mass is 9.98. The lowest BCUT2D eigenvalue weighted by molar-refractivity contribution is -0.137. The van der Waals surface area contributed by atoms with Gasteiger partial charge >= 0.3 is 12.1 Å². The lowest BCUT2D eigenvalue weighted by Crippen LogP contribution is -2.31. The van der Waals surface area contributed by atoms with Crippen LogP contribution in [0.15, 0.2) is 66.7 Å². The minimum absolute atomic E-state index is 0.0314. The van der Waals surface area contributed by atoms with Crippen LogP contribution in [0.25, 0.3) is 11.1 Å². The van der Waals surface area contributed by atoms with Gasteiger partial charge in [0.25, 0.3) is 0 Å². The summed E-state index contributed by atoms with van der Waals surface area (Å²) in [7, 11) is 1.34. The minimum atomic E-state index is -1.13.